The first-order chi connectivity index (χ1) is 11.5. The maximum Gasteiger partial charge on any atom is 0.131 e. The van der Waals surface area contributed by atoms with Crippen LogP contribution in [-0.2, 0) is 10.1 Å². The van der Waals surface area contributed by atoms with E-state index in [1.807, 2.05) is 12.1 Å². The van der Waals surface area contributed by atoms with E-state index < -0.39 is 0 Å². The number of ether oxygens (including phenoxy) is 2. The average Bonchev–Trinajstić information content (AvgIpc) is 2.94. The molecule has 0 N–H and O–H groups in total. The van der Waals surface area contributed by atoms with E-state index in [1.165, 1.54) is 6.07 Å². The standard InChI is InChI=1S/C20H22BrFO2/c1-20(2)8-9-24-19(20)17-10-13(12-21)4-6-15(17)16-11-14(23-3)5-7-18(16)22/h4-7,10-11,19H,8-9,12H2,1-3H3/t19-/m0/s1. The molecular weight excluding hydrogens is 371 g/mol. The monoisotopic (exact) mass is 392 g/mol. The summed E-state index contributed by atoms with van der Waals surface area (Å²) in [6, 6.07) is 11.0. The van der Waals surface area contributed by atoms with Crippen LogP contribution < -0.4 is 4.74 Å². The van der Waals surface area contributed by atoms with E-state index in [9.17, 15) is 4.39 Å². The van der Waals surface area contributed by atoms with Crippen molar-refractivity contribution in [3.05, 3.63) is 53.3 Å². The Labute approximate surface area is 151 Å². The molecule has 0 radical (unpaired) electrons. The van der Waals surface area contributed by atoms with Crippen LogP contribution in [0.1, 0.15) is 37.5 Å². The van der Waals surface area contributed by atoms with Crippen molar-refractivity contribution < 1.29 is 13.9 Å². The molecule has 0 amide bonds. The molecule has 4 heteroatoms. The quantitative estimate of drug-likeness (QED) is 0.604. The highest BCUT2D eigenvalue weighted by Gasteiger charge is 2.38. The summed E-state index contributed by atoms with van der Waals surface area (Å²) in [4.78, 5) is 0. The van der Waals surface area contributed by atoms with Crippen LogP contribution in [0.2, 0.25) is 0 Å². The first kappa shape index (κ1) is 17.4. The van der Waals surface area contributed by atoms with Crippen molar-refractivity contribution in [2.75, 3.05) is 13.7 Å². The van der Waals surface area contributed by atoms with Gasteiger partial charge in [0.05, 0.1) is 13.2 Å². The van der Waals surface area contributed by atoms with Gasteiger partial charge in [-0.3, -0.25) is 0 Å². The van der Waals surface area contributed by atoms with Gasteiger partial charge < -0.3 is 9.47 Å². The molecular formula is C20H22BrFO2. The molecule has 0 saturated carbocycles. The summed E-state index contributed by atoms with van der Waals surface area (Å²) in [7, 11) is 1.59. The SMILES string of the molecule is COc1ccc(F)c(-c2ccc(CBr)cc2[C@@H]2OCCC2(C)C)c1. The summed E-state index contributed by atoms with van der Waals surface area (Å²) in [5.41, 5.74) is 3.65. The van der Waals surface area contributed by atoms with E-state index in [4.69, 9.17) is 9.47 Å². The summed E-state index contributed by atoms with van der Waals surface area (Å²) in [5.74, 6) is 0.396. The highest BCUT2D eigenvalue weighted by atomic mass is 79.9. The lowest BCUT2D eigenvalue weighted by Crippen LogP contribution is -2.17. The maximum atomic E-state index is 14.5. The molecule has 2 aromatic carbocycles. The van der Waals surface area contributed by atoms with E-state index in [0.717, 1.165) is 35.0 Å². The van der Waals surface area contributed by atoms with E-state index in [0.29, 0.717) is 11.3 Å². The molecule has 24 heavy (non-hydrogen) atoms. The molecule has 0 aliphatic carbocycles. The lowest BCUT2D eigenvalue weighted by atomic mass is 9.79. The Morgan fingerprint density at radius 3 is 2.62 bits per heavy atom. The number of hydrogen-bond acceptors (Lipinski definition) is 2. The molecule has 1 fully saturated rings. The fourth-order valence-electron chi connectivity index (χ4n) is 3.30. The second-order valence-corrected chi connectivity index (χ2v) is 7.45. The minimum Gasteiger partial charge on any atom is -0.497 e. The molecule has 2 aromatic rings. The summed E-state index contributed by atoms with van der Waals surface area (Å²) < 4.78 is 25.8. The van der Waals surface area contributed by atoms with Crippen molar-refractivity contribution in [3.8, 4) is 16.9 Å². The van der Waals surface area contributed by atoms with Gasteiger partial charge in [0.1, 0.15) is 11.6 Å². The van der Waals surface area contributed by atoms with Crippen molar-refractivity contribution in [2.45, 2.75) is 31.7 Å². The van der Waals surface area contributed by atoms with E-state index >= 15 is 0 Å². The first-order valence-corrected chi connectivity index (χ1v) is 9.22. The molecule has 1 heterocycles. The predicted octanol–water partition coefficient (Wildman–Crippen LogP) is 5.88. The molecule has 0 bridgehead atoms. The van der Waals surface area contributed by atoms with E-state index in [2.05, 4.69) is 35.8 Å². The highest BCUT2D eigenvalue weighted by Crippen LogP contribution is 2.48. The van der Waals surface area contributed by atoms with Crippen molar-refractivity contribution in [1.82, 2.24) is 0 Å². The fraction of sp³-hybridized carbons (Fsp3) is 0.400. The Bertz CT molecular complexity index is 742. The van der Waals surface area contributed by atoms with Gasteiger partial charge >= 0.3 is 0 Å². The molecule has 1 saturated heterocycles. The van der Waals surface area contributed by atoms with Gasteiger partial charge in [-0.15, -0.1) is 0 Å². The zero-order valence-corrected chi connectivity index (χ0v) is 15.8. The molecule has 0 spiro atoms. The van der Waals surface area contributed by atoms with Crippen LogP contribution in [0.5, 0.6) is 5.75 Å². The third-order valence-electron chi connectivity index (χ3n) is 4.76. The number of alkyl halides is 1. The average molecular weight is 393 g/mol. The van der Waals surface area contributed by atoms with Gasteiger partial charge in [-0.1, -0.05) is 48.0 Å². The maximum absolute atomic E-state index is 14.5. The highest BCUT2D eigenvalue weighted by molar-refractivity contribution is 9.08. The van der Waals surface area contributed by atoms with Crippen LogP contribution in [0, 0.1) is 11.2 Å². The predicted molar refractivity (Wildman–Crippen MR) is 98.1 cm³/mol. The van der Waals surface area contributed by atoms with Gasteiger partial charge in [0.2, 0.25) is 0 Å². The molecule has 1 aliphatic heterocycles. The number of rotatable bonds is 4. The Kier molecular flexibility index (Phi) is 4.97. The third-order valence-corrected chi connectivity index (χ3v) is 5.40. The largest absolute Gasteiger partial charge is 0.497 e. The fourth-order valence-corrected chi connectivity index (χ4v) is 3.65. The van der Waals surface area contributed by atoms with Crippen LogP contribution in [0.15, 0.2) is 36.4 Å². The molecule has 1 atom stereocenters. The van der Waals surface area contributed by atoms with Crippen molar-refractivity contribution >= 4 is 15.9 Å². The molecule has 2 nitrogen and oxygen atoms in total. The summed E-state index contributed by atoms with van der Waals surface area (Å²) in [5, 5.41) is 0.758. The van der Waals surface area contributed by atoms with Gasteiger partial charge in [-0.25, -0.2) is 4.39 Å². The molecule has 0 unspecified atom stereocenters. The van der Waals surface area contributed by atoms with Crippen LogP contribution in [-0.4, -0.2) is 13.7 Å². The minimum atomic E-state index is -0.251. The lowest BCUT2D eigenvalue weighted by Gasteiger charge is -2.28. The van der Waals surface area contributed by atoms with Gasteiger partial charge in [0, 0.05) is 17.5 Å². The van der Waals surface area contributed by atoms with Crippen LogP contribution in [0.4, 0.5) is 4.39 Å². The van der Waals surface area contributed by atoms with Crippen LogP contribution in [0.3, 0.4) is 0 Å². The second-order valence-electron chi connectivity index (χ2n) is 6.89. The molecule has 1 aliphatic rings. The Morgan fingerprint density at radius 1 is 1.21 bits per heavy atom. The Hall–Kier alpha value is -1.39. The van der Waals surface area contributed by atoms with Crippen molar-refractivity contribution in [2.24, 2.45) is 5.41 Å². The lowest BCUT2D eigenvalue weighted by molar-refractivity contribution is 0.0640. The van der Waals surface area contributed by atoms with Gasteiger partial charge in [0.25, 0.3) is 0 Å². The Balaban J connectivity index is 2.18. The van der Waals surface area contributed by atoms with Gasteiger partial charge in [0.15, 0.2) is 0 Å². The molecule has 128 valence electrons. The summed E-state index contributed by atoms with van der Waals surface area (Å²) >= 11 is 3.51. The second kappa shape index (κ2) is 6.85. The Morgan fingerprint density at radius 2 is 2.00 bits per heavy atom. The number of hydrogen-bond donors (Lipinski definition) is 0. The number of benzene rings is 2. The van der Waals surface area contributed by atoms with Gasteiger partial charge in [-0.05, 0) is 46.7 Å². The van der Waals surface area contributed by atoms with E-state index in [1.54, 1.807) is 19.2 Å². The van der Waals surface area contributed by atoms with Crippen molar-refractivity contribution in [3.63, 3.8) is 0 Å². The van der Waals surface area contributed by atoms with Crippen LogP contribution in [0.25, 0.3) is 11.1 Å². The third kappa shape index (κ3) is 3.22. The number of methoxy groups -OCH3 is 1. The normalized spacial score (nSPS) is 19.5. The van der Waals surface area contributed by atoms with Gasteiger partial charge in [-0.2, -0.15) is 0 Å². The molecule has 3 rings (SSSR count). The number of halogens is 2. The summed E-state index contributed by atoms with van der Waals surface area (Å²) in [6.45, 7) is 5.14. The smallest absolute Gasteiger partial charge is 0.131 e. The zero-order chi connectivity index (χ0) is 17.3. The van der Waals surface area contributed by atoms with E-state index in [-0.39, 0.29) is 17.3 Å². The first-order valence-electron chi connectivity index (χ1n) is 8.10. The summed E-state index contributed by atoms with van der Waals surface area (Å²) in [6.07, 6.45) is 0.952. The molecule has 0 aromatic heterocycles. The van der Waals surface area contributed by atoms with Crippen molar-refractivity contribution in [1.29, 1.82) is 0 Å². The minimum absolute atomic E-state index is 0.0228. The zero-order valence-electron chi connectivity index (χ0n) is 14.2. The van der Waals surface area contributed by atoms with Crippen LogP contribution >= 0.6 is 15.9 Å². The topological polar surface area (TPSA) is 18.5 Å².